The van der Waals surface area contributed by atoms with E-state index in [1.165, 1.54) is 5.56 Å². The van der Waals surface area contributed by atoms with Gasteiger partial charge in [-0.3, -0.25) is 0 Å². The Hall–Kier alpha value is -1.16. The maximum absolute atomic E-state index is 4.47. The molecule has 4 heteroatoms. The second-order valence-corrected chi connectivity index (χ2v) is 3.92. The Bertz CT molecular complexity index is 310. The van der Waals surface area contributed by atoms with Crippen LogP contribution in [-0.2, 0) is 6.42 Å². The Labute approximate surface area is 91.7 Å². The Morgan fingerprint density at radius 2 is 1.67 bits per heavy atom. The molecule has 0 saturated heterocycles. The fourth-order valence-electron chi connectivity index (χ4n) is 1.53. The molecule has 1 heterocycles. The van der Waals surface area contributed by atoms with E-state index in [0.29, 0.717) is 0 Å². The molecule has 1 aromatic rings. The topological polar surface area (TPSA) is 41.1 Å². The Morgan fingerprint density at radius 3 is 2.07 bits per heavy atom. The van der Waals surface area contributed by atoms with Gasteiger partial charge in [0.15, 0.2) is 0 Å². The van der Waals surface area contributed by atoms with E-state index in [1.54, 1.807) is 0 Å². The van der Waals surface area contributed by atoms with Crippen LogP contribution in [0.1, 0.15) is 17.0 Å². The minimum Gasteiger partial charge on any atom is -0.347 e. The highest BCUT2D eigenvalue weighted by Crippen LogP contribution is 2.14. The van der Waals surface area contributed by atoms with Crippen molar-refractivity contribution in [2.45, 2.75) is 20.3 Å². The summed E-state index contributed by atoms with van der Waals surface area (Å²) >= 11 is 0. The van der Waals surface area contributed by atoms with E-state index < -0.39 is 0 Å². The first-order valence-electron chi connectivity index (χ1n) is 5.22. The van der Waals surface area contributed by atoms with Gasteiger partial charge >= 0.3 is 0 Å². The summed E-state index contributed by atoms with van der Waals surface area (Å²) in [6.07, 6.45) is 0.988. The van der Waals surface area contributed by atoms with Gasteiger partial charge in [0, 0.05) is 25.5 Å². The predicted molar refractivity (Wildman–Crippen MR) is 63.5 cm³/mol. The average molecular weight is 208 g/mol. The number of rotatable bonds is 4. The van der Waals surface area contributed by atoms with Gasteiger partial charge in [0.25, 0.3) is 0 Å². The van der Waals surface area contributed by atoms with Crippen molar-refractivity contribution in [3.8, 4) is 0 Å². The molecular weight excluding hydrogens is 188 g/mol. The van der Waals surface area contributed by atoms with Crippen molar-refractivity contribution >= 4 is 5.95 Å². The Kier molecular flexibility index (Phi) is 4.03. The molecule has 84 valence electrons. The molecule has 0 atom stereocenters. The molecule has 1 rings (SSSR count). The molecular formula is C11H20N4. The third-order valence-corrected chi connectivity index (χ3v) is 2.43. The summed E-state index contributed by atoms with van der Waals surface area (Å²) in [6, 6.07) is 0. The lowest BCUT2D eigenvalue weighted by Gasteiger charge is -2.14. The lowest BCUT2D eigenvalue weighted by molar-refractivity contribution is 0.772. The van der Waals surface area contributed by atoms with Gasteiger partial charge in [0.2, 0.25) is 5.95 Å². The smallest absolute Gasteiger partial charge is 0.225 e. The average Bonchev–Trinajstić information content (AvgIpc) is 2.16. The first-order valence-corrected chi connectivity index (χ1v) is 5.22. The van der Waals surface area contributed by atoms with Gasteiger partial charge in [-0.25, -0.2) is 9.97 Å². The summed E-state index contributed by atoms with van der Waals surface area (Å²) in [6.45, 7) is 5.06. The van der Waals surface area contributed by atoms with E-state index in [0.717, 1.165) is 30.3 Å². The summed E-state index contributed by atoms with van der Waals surface area (Å²) in [4.78, 5) is 10.9. The maximum atomic E-state index is 4.47. The Balaban J connectivity index is 2.99. The van der Waals surface area contributed by atoms with Crippen LogP contribution in [0.4, 0.5) is 5.95 Å². The highest BCUT2D eigenvalue weighted by atomic mass is 15.2. The van der Waals surface area contributed by atoms with Gasteiger partial charge in [0.05, 0.1) is 0 Å². The number of aryl methyl sites for hydroxylation is 2. The molecule has 0 saturated carbocycles. The first kappa shape index (κ1) is 11.9. The molecule has 0 unspecified atom stereocenters. The van der Waals surface area contributed by atoms with Crippen molar-refractivity contribution < 1.29 is 0 Å². The second-order valence-electron chi connectivity index (χ2n) is 3.92. The van der Waals surface area contributed by atoms with Gasteiger partial charge in [0.1, 0.15) is 0 Å². The summed E-state index contributed by atoms with van der Waals surface area (Å²) < 4.78 is 0. The van der Waals surface area contributed by atoms with Crippen molar-refractivity contribution in [3.05, 3.63) is 17.0 Å². The largest absolute Gasteiger partial charge is 0.347 e. The van der Waals surface area contributed by atoms with E-state index in [4.69, 9.17) is 0 Å². The summed E-state index contributed by atoms with van der Waals surface area (Å²) in [5.41, 5.74) is 3.43. The van der Waals surface area contributed by atoms with Crippen LogP contribution in [0.5, 0.6) is 0 Å². The van der Waals surface area contributed by atoms with Gasteiger partial charge < -0.3 is 10.2 Å². The quantitative estimate of drug-likeness (QED) is 0.799. The molecule has 1 aromatic heterocycles. The summed E-state index contributed by atoms with van der Waals surface area (Å²) in [7, 11) is 5.88. The maximum Gasteiger partial charge on any atom is 0.225 e. The van der Waals surface area contributed by atoms with Crippen LogP contribution in [-0.4, -0.2) is 37.7 Å². The van der Waals surface area contributed by atoms with Crippen LogP contribution in [0.2, 0.25) is 0 Å². The predicted octanol–water partition coefficient (Wildman–Crippen LogP) is 0.921. The van der Waals surface area contributed by atoms with Gasteiger partial charge in [-0.2, -0.15) is 0 Å². The minimum atomic E-state index is 0.790. The van der Waals surface area contributed by atoms with Crippen molar-refractivity contribution in [1.29, 1.82) is 0 Å². The van der Waals surface area contributed by atoms with Crippen LogP contribution < -0.4 is 10.2 Å². The molecule has 4 nitrogen and oxygen atoms in total. The van der Waals surface area contributed by atoms with E-state index in [1.807, 2.05) is 39.9 Å². The summed E-state index contributed by atoms with van der Waals surface area (Å²) in [5, 5.41) is 3.14. The van der Waals surface area contributed by atoms with E-state index in [9.17, 15) is 0 Å². The molecule has 0 spiro atoms. The fourth-order valence-corrected chi connectivity index (χ4v) is 1.53. The molecule has 0 aliphatic carbocycles. The molecule has 1 N–H and O–H groups in total. The summed E-state index contributed by atoms with van der Waals surface area (Å²) in [5.74, 6) is 0.790. The Morgan fingerprint density at radius 1 is 1.13 bits per heavy atom. The van der Waals surface area contributed by atoms with Crippen molar-refractivity contribution in [2.24, 2.45) is 0 Å². The van der Waals surface area contributed by atoms with E-state index in [2.05, 4.69) is 15.3 Å². The molecule has 0 aliphatic rings. The molecule has 0 aromatic carbocycles. The minimum absolute atomic E-state index is 0.790. The zero-order chi connectivity index (χ0) is 11.4. The molecule has 0 aliphatic heterocycles. The number of nitrogens with zero attached hydrogens (tertiary/aromatic N) is 3. The van der Waals surface area contributed by atoms with Crippen LogP contribution >= 0.6 is 0 Å². The SMILES string of the molecule is CNCCc1c(C)nc(N(C)C)nc1C. The fraction of sp³-hybridized carbons (Fsp3) is 0.636. The van der Waals surface area contributed by atoms with Gasteiger partial charge in [-0.15, -0.1) is 0 Å². The number of aromatic nitrogens is 2. The zero-order valence-corrected chi connectivity index (χ0v) is 10.3. The molecule has 0 radical (unpaired) electrons. The molecule has 0 amide bonds. The normalized spacial score (nSPS) is 10.5. The molecule has 0 bridgehead atoms. The molecule has 15 heavy (non-hydrogen) atoms. The first-order chi connectivity index (χ1) is 7.06. The highest BCUT2D eigenvalue weighted by molar-refractivity contribution is 5.35. The number of hydrogen-bond donors (Lipinski definition) is 1. The monoisotopic (exact) mass is 208 g/mol. The van der Waals surface area contributed by atoms with Crippen LogP contribution in [0.15, 0.2) is 0 Å². The number of hydrogen-bond acceptors (Lipinski definition) is 4. The lowest BCUT2D eigenvalue weighted by Crippen LogP contribution is -2.17. The molecule has 0 fully saturated rings. The highest BCUT2D eigenvalue weighted by Gasteiger charge is 2.08. The lowest BCUT2D eigenvalue weighted by atomic mass is 10.1. The third-order valence-electron chi connectivity index (χ3n) is 2.43. The van der Waals surface area contributed by atoms with Gasteiger partial charge in [-0.1, -0.05) is 0 Å². The number of nitrogens with one attached hydrogen (secondary N) is 1. The van der Waals surface area contributed by atoms with Crippen LogP contribution in [0.3, 0.4) is 0 Å². The van der Waals surface area contributed by atoms with Crippen molar-refractivity contribution in [3.63, 3.8) is 0 Å². The van der Waals surface area contributed by atoms with Crippen molar-refractivity contribution in [1.82, 2.24) is 15.3 Å². The number of anilines is 1. The van der Waals surface area contributed by atoms with Crippen LogP contribution in [0.25, 0.3) is 0 Å². The number of likely N-dealkylation sites (N-methyl/N-ethyl adjacent to an activating group) is 1. The van der Waals surface area contributed by atoms with E-state index >= 15 is 0 Å². The third kappa shape index (κ3) is 2.89. The van der Waals surface area contributed by atoms with Gasteiger partial charge in [-0.05, 0) is 39.4 Å². The zero-order valence-electron chi connectivity index (χ0n) is 10.3. The van der Waals surface area contributed by atoms with Crippen molar-refractivity contribution in [2.75, 3.05) is 32.6 Å². The van der Waals surface area contributed by atoms with E-state index in [-0.39, 0.29) is 0 Å². The van der Waals surface area contributed by atoms with Crippen LogP contribution in [0, 0.1) is 13.8 Å². The standard InChI is InChI=1S/C11H20N4/c1-8-10(6-7-12-3)9(2)14-11(13-8)15(4)5/h12H,6-7H2,1-5H3. The second kappa shape index (κ2) is 5.07.